The molecule has 6 rings (SSSR count). The van der Waals surface area contributed by atoms with Crippen molar-refractivity contribution in [2.75, 3.05) is 0 Å². The molecule has 0 aliphatic heterocycles. The van der Waals surface area contributed by atoms with Gasteiger partial charge in [-0.15, -0.1) is 0 Å². The molecule has 0 saturated carbocycles. The second-order valence-electron chi connectivity index (χ2n) is 7.33. The highest BCUT2D eigenvalue weighted by Crippen LogP contribution is 2.42. The molecule has 0 aliphatic rings. The zero-order chi connectivity index (χ0) is 27.7. The van der Waals surface area contributed by atoms with Gasteiger partial charge in [-0.3, -0.25) is 0 Å². The van der Waals surface area contributed by atoms with Crippen molar-refractivity contribution in [2.24, 2.45) is 0 Å². The standard InChI is InChI=1S/C30H19Br/c31-30-27-12-6-4-10-25(27)29(26-11-5-7-13-28(26)30)24-17-16-22-18-21(14-15-23(22)19-24)20-8-2-1-3-9-20/h1-19H/i4D,5D,6D,7D,10D,11D,12D,13D. The molecule has 0 aliphatic carbocycles. The Labute approximate surface area is 201 Å². The van der Waals surface area contributed by atoms with Crippen molar-refractivity contribution in [3.63, 3.8) is 0 Å². The predicted molar refractivity (Wildman–Crippen MR) is 138 cm³/mol. The Balaban J connectivity index is 1.77. The summed E-state index contributed by atoms with van der Waals surface area (Å²) in [4.78, 5) is 0. The van der Waals surface area contributed by atoms with Crippen LogP contribution in [0.1, 0.15) is 11.0 Å². The summed E-state index contributed by atoms with van der Waals surface area (Å²) in [7, 11) is 0. The average molecular weight is 467 g/mol. The zero-order valence-electron chi connectivity index (χ0n) is 24.2. The Morgan fingerprint density at radius 2 is 1.03 bits per heavy atom. The first-order chi connectivity index (χ1) is 18.6. The summed E-state index contributed by atoms with van der Waals surface area (Å²) in [6, 6.07) is 19.0. The first kappa shape index (κ1) is 11.8. The first-order valence-corrected chi connectivity index (χ1v) is 10.6. The highest BCUT2D eigenvalue weighted by atomic mass is 79.9. The van der Waals surface area contributed by atoms with Crippen molar-refractivity contribution in [3.8, 4) is 22.3 Å². The number of hydrogen-bond acceptors (Lipinski definition) is 0. The van der Waals surface area contributed by atoms with Crippen LogP contribution in [0.15, 0.2) is 120 Å². The largest absolute Gasteiger partial charge is 0.0630 e. The minimum Gasteiger partial charge on any atom is -0.0622 e. The molecule has 0 saturated heterocycles. The third-order valence-electron chi connectivity index (χ3n) is 5.55. The quantitative estimate of drug-likeness (QED) is 0.223. The Kier molecular flexibility index (Phi) is 2.81. The molecule has 1 heteroatoms. The number of hydrogen-bond donors (Lipinski definition) is 0. The highest BCUT2D eigenvalue weighted by Gasteiger charge is 2.14. The summed E-state index contributed by atoms with van der Waals surface area (Å²) in [6.07, 6.45) is 0. The van der Waals surface area contributed by atoms with Crippen molar-refractivity contribution in [3.05, 3.63) is 120 Å². The van der Waals surface area contributed by atoms with E-state index in [9.17, 15) is 0 Å². The number of rotatable bonds is 2. The SMILES string of the molecule is [2H]c1c([2H])c([2H])c2c(-c3ccc4cc(-c5ccccc5)ccc4c3)c3c([2H])c([2H])c([2H])c([2H])c3c(Br)c2c1[2H]. The highest BCUT2D eigenvalue weighted by molar-refractivity contribution is 9.10. The van der Waals surface area contributed by atoms with Gasteiger partial charge in [0.2, 0.25) is 0 Å². The summed E-state index contributed by atoms with van der Waals surface area (Å²) in [6.45, 7) is 0. The van der Waals surface area contributed by atoms with Crippen molar-refractivity contribution < 1.29 is 11.0 Å². The number of halogens is 1. The molecule has 0 unspecified atom stereocenters. The lowest BCUT2D eigenvalue weighted by Crippen LogP contribution is -1.88. The van der Waals surface area contributed by atoms with E-state index in [0.29, 0.717) is 11.1 Å². The minimum atomic E-state index is -0.411. The first-order valence-electron chi connectivity index (χ1n) is 13.8. The Hall–Kier alpha value is -3.42. The molecule has 0 amide bonds. The van der Waals surface area contributed by atoms with E-state index in [1.54, 1.807) is 0 Å². The van der Waals surface area contributed by atoms with Gasteiger partial charge in [0.15, 0.2) is 0 Å². The van der Waals surface area contributed by atoms with Crippen LogP contribution in [0, 0.1) is 0 Å². The molecule has 0 spiro atoms. The molecule has 0 atom stereocenters. The van der Waals surface area contributed by atoms with Crippen LogP contribution in [-0.2, 0) is 0 Å². The molecule has 6 aromatic carbocycles. The summed E-state index contributed by atoms with van der Waals surface area (Å²) in [5.41, 5.74) is 3.07. The molecule has 0 N–H and O–H groups in total. The topological polar surface area (TPSA) is 0 Å². The fourth-order valence-corrected chi connectivity index (χ4v) is 4.67. The Bertz CT molecular complexity index is 1920. The molecule has 31 heavy (non-hydrogen) atoms. The normalized spacial score (nSPS) is 15.0. The maximum Gasteiger partial charge on any atom is 0.0630 e. The van der Waals surface area contributed by atoms with Crippen LogP contribution in [-0.4, -0.2) is 0 Å². The third kappa shape index (κ3) is 3.05. The molecule has 0 bridgehead atoms. The fraction of sp³-hybridized carbons (Fsp3) is 0. The fourth-order valence-electron chi connectivity index (χ4n) is 4.08. The molecule has 6 aromatic rings. The van der Waals surface area contributed by atoms with Crippen LogP contribution in [0.4, 0.5) is 0 Å². The van der Waals surface area contributed by atoms with Crippen LogP contribution < -0.4 is 0 Å². The molecule has 0 radical (unpaired) electrons. The van der Waals surface area contributed by atoms with Gasteiger partial charge in [-0.05, 0) is 82.6 Å². The van der Waals surface area contributed by atoms with E-state index in [2.05, 4.69) is 22.0 Å². The van der Waals surface area contributed by atoms with Crippen molar-refractivity contribution in [2.45, 2.75) is 0 Å². The van der Waals surface area contributed by atoms with Crippen LogP contribution in [0.5, 0.6) is 0 Å². The molecular weight excluding hydrogens is 440 g/mol. The number of benzene rings is 6. The van der Waals surface area contributed by atoms with E-state index in [-0.39, 0.29) is 50.2 Å². The van der Waals surface area contributed by atoms with Crippen LogP contribution in [0.25, 0.3) is 54.6 Å². The van der Waals surface area contributed by atoms with Crippen molar-refractivity contribution in [1.82, 2.24) is 0 Å². The monoisotopic (exact) mass is 466 g/mol. The van der Waals surface area contributed by atoms with Gasteiger partial charge in [0.05, 0.1) is 11.0 Å². The van der Waals surface area contributed by atoms with Gasteiger partial charge in [0.1, 0.15) is 0 Å². The zero-order valence-corrected chi connectivity index (χ0v) is 17.8. The van der Waals surface area contributed by atoms with Crippen molar-refractivity contribution >= 4 is 48.2 Å². The third-order valence-corrected chi connectivity index (χ3v) is 6.34. The van der Waals surface area contributed by atoms with E-state index >= 15 is 0 Å². The van der Waals surface area contributed by atoms with Gasteiger partial charge in [0.25, 0.3) is 0 Å². The van der Waals surface area contributed by atoms with E-state index in [4.69, 9.17) is 11.0 Å². The molecule has 0 aromatic heterocycles. The lowest BCUT2D eigenvalue weighted by molar-refractivity contribution is 1.64. The molecule has 0 fully saturated rings. The van der Waals surface area contributed by atoms with Gasteiger partial charge in [-0.2, -0.15) is 0 Å². The summed E-state index contributed by atoms with van der Waals surface area (Å²) in [5, 5.41) is 2.60. The lowest BCUT2D eigenvalue weighted by Gasteiger charge is -2.15. The van der Waals surface area contributed by atoms with Crippen molar-refractivity contribution in [1.29, 1.82) is 0 Å². The maximum atomic E-state index is 8.79. The van der Waals surface area contributed by atoms with Gasteiger partial charge in [0, 0.05) is 4.47 Å². The summed E-state index contributed by atoms with van der Waals surface area (Å²) >= 11 is 3.45. The van der Waals surface area contributed by atoms with Gasteiger partial charge in [-0.1, -0.05) is 103 Å². The molecule has 0 heterocycles. The summed E-state index contributed by atoms with van der Waals surface area (Å²) in [5.74, 6) is 0. The molecular formula is C30H19Br. The van der Waals surface area contributed by atoms with Gasteiger partial charge < -0.3 is 0 Å². The molecule has 146 valence electrons. The maximum absolute atomic E-state index is 8.79. The lowest BCUT2D eigenvalue weighted by atomic mass is 9.90. The number of fused-ring (bicyclic) bond motifs is 3. The van der Waals surface area contributed by atoms with E-state index in [1.807, 2.05) is 60.7 Å². The van der Waals surface area contributed by atoms with E-state index in [0.717, 1.165) is 21.9 Å². The smallest absolute Gasteiger partial charge is 0.0622 e. The van der Waals surface area contributed by atoms with Gasteiger partial charge in [-0.25, -0.2) is 0 Å². The second-order valence-corrected chi connectivity index (χ2v) is 8.12. The Morgan fingerprint density at radius 1 is 0.516 bits per heavy atom. The van der Waals surface area contributed by atoms with E-state index in [1.165, 1.54) is 0 Å². The average Bonchev–Trinajstić information content (AvgIpc) is 2.96. The van der Waals surface area contributed by atoms with E-state index < -0.39 is 24.2 Å². The van der Waals surface area contributed by atoms with Crippen LogP contribution >= 0.6 is 15.9 Å². The van der Waals surface area contributed by atoms with Crippen LogP contribution in [0.3, 0.4) is 0 Å². The van der Waals surface area contributed by atoms with Gasteiger partial charge >= 0.3 is 0 Å². The Morgan fingerprint density at radius 3 is 1.65 bits per heavy atom. The molecule has 0 nitrogen and oxygen atoms in total. The summed E-state index contributed by atoms with van der Waals surface area (Å²) < 4.78 is 68.3. The van der Waals surface area contributed by atoms with Crippen LogP contribution in [0.2, 0.25) is 0 Å². The predicted octanol–water partition coefficient (Wildman–Crippen LogP) is 9.24. The second kappa shape index (κ2) is 7.37. The minimum absolute atomic E-state index is 0.174.